The molecule has 0 spiro atoms. The van der Waals surface area contributed by atoms with Crippen molar-refractivity contribution in [2.24, 2.45) is 0 Å². The van der Waals surface area contributed by atoms with Gasteiger partial charge in [-0.15, -0.1) is 0 Å². The summed E-state index contributed by atoms with van der Waals surface area (Å²) in [5.74, 6) is 1.26. The molecule has 3 nitrogen and oxygen atoms in total. The fourth-order valence-electron chi connectivity index (χ4n) is 3.96. The molecule has 0 aliphatic carbocycles. The molecule has 1 atom stereocenters. The van der Waals surface area contributed by atoms with Crippen LogP contribution in [0.15, 0.2) is 18.3 Å². The molecule has 0 N–H and O–H groups in total. The molecule has 3 heteroatoms. The molecule has 2 aliphatic heterocycles. The van der Waals surface area contributed by atoms with Crippen molar-refractivity contribution in [1.29, 1.82) is 0 Å². The molecule has 1 aromatic heterocycles. The fourth-order valence-corrected chi connectivity index (χ4v) is 3.96. The number of anilines is 1. The van der Waals surface area contributed by atoms with E-state index in [2.05, 4.69) is 35.8 Å². The Morgan fingerprint density at radius 1 is 1.05 bits per heavy atom. The largest absolute Gasteiger partial charge is 0.356 e. The second kappa shape index (κ2) is 6.78. The topological polar surface area (TPSA) is 19.4 Å². The first-order valence-electron chi connectivity index (χ1n) is 8.73. The van der Waals surface area contributed by atoms with E-state index in [-0.39, 0.29) is 0 Å². The molecule has 0 bridgehead atoms. The van der Waals surface area contributed by atoms with Crippen molar-refractivity contribution in [2.75, 3.05) is 24.5 Å². The van der Waals surface area contributed by atoms with Crippen molar-refractivity contribution in [3.05, 3.63) is 23.9 Å². The van der Waals surface area contributed by atoms with Crippen LogP contribution in [-0.2, 0) is 0 Å². The molecule has 0 amide bonds. The molecule has 2 fully saturated rings. The summed E-state index contributed by atoms with van der Waals surface area (Å²) < 4.78 is 0. The van der Waals surface area contributed by atoms with Crippen LogP contribution in [0.2, 0.25) is 0 Å². The highest BCUT2D eigenvalue weighted by Gasteiger charge is 2.31. The fraction of sp³-hybridized carbons (Fsp3) is 0.722. The zero-order valence-electron chi connectivity index (χ0n) is 13.6. The Morgan fingerprint density at radius 2 is 1.81 bits per heavy atom. The lowest BCUT2D eigenvalue weighted by molar-refractivity contribution is 0.205. The summed E-state index contributed by atoms with van der Waals surface area (Å²) in [6.45, 7) is 8.23. The number of hydrogen-bond acceptors (Lipinski definition) is 3. The Balaban J connectivity index is 1.88. The molecule has 2 aliphatic rings. The first-order chi connectivity index (χ1) is 10.3. The first kappa shape index (κ1) is 14.8. The van der Waals surface area contributed by atoms with Crippen LogP contribution in [0.3, 0.4) is 0 Å². The van der Waals surface area contributed by atoms with Crippen LogP contribution in [-0.4, -0.2) is 35.6 Å². The summed E-state index contributed by atoms with van der Waals surface area (Å²) in [6.07, 6.45) is 9.95. The summed E-state index contributed by atoms with van der Waals surface area (Å²) in [7, 11) is 0. The summed E-state index contributed by atoms with van der Waals surface area (Å²) in [5, 5.41) is 0. The average Bonchev–Trinajstić information content (AvgIpc) is 2.83. The van der Waals surface area contributed by atoms with Gasteiger partial charge in [0.1, 0.15) is 5.82 Å². The Bertz CT molecular complexity index is 450. The van der Waals surface area contributed by atoms with E-state index in [4.69, 9.17) is 4.98 Å². The van der Waals surface area contributed by atoms with E-state index < -0.39 is 0 Å². The smallest absolute Gasteiger partial charge is 0.133 e. The Labute approximate surface area is 129 Å². The van der Waals surface area contributed by atoms with E-state index in [1.165, 1.54) is 69.5 Å². The molecule has 3 rings (SSSR count). The molecule has 2 saturated heterocycles. The van der Waals surface area contributed by atoms with E-state index in [1.54, 1.807) is 0 Å². The highest BCUT2D eigenvalue weighted by atomic mass is 15.2. The van der Waals surface area contributed by atoms with Crippen LogP contribution < -0.4 is 4.90 Å². The second-order valence-corrected chi connectivity index (χ2v) is 6.81. The van der Waals surface area contributed by atoms with E-state index in [9.17, 15) is 0 Å². The minimum Gasteiger partial charge on any atom is -0.356 e. The van der Waals surface area contributed by atoms with Gasteiger partial charge in [0.25, 0.3) is 0 Å². The van der Waals surface area contributed by atoms with Gasteiger partial charge in [-0.05, 0) is 52.1 Å². The first-order valence-corrected chi connectivity index (χ1v) is 8.73. The van der Waals surface area contributed by atoms with Gasteiger partial charge >= 0.3 is 0 Å². The van der Waals surface area contributed by atoms with Crippen molar-refractivity contribution in [3.63, 3.8) is 0 Å². The summed E-state index contributed by atoms with van der Waals surface area (Å²) in [4.78, 5) is 9.97. The number of rotatable bonds is 3. The van der Waals surface area contributed by atoms with Gasteiger partial charge in [-0.1, -0.05) is 18.9 Å². The van der Waals surface area contributed by atoms with Gasteiger partial charge in [0.2, 0.25) is 0 Å². The van der Waals surface area contributed by atoms with Gasteiger partial charge in [0, 0.05) is 36.9 Å². The molecule has 21 heavy (non-hydrogen) atoms. The van der Waals surface area contributed by atoms with Gasteiger partial charge < -0.3 is 4.90 Å². The summed E-state index contributed by atoms with van der Waals surface area (Å²) >= 11 is 0. The van der Waals surface area contributed by atoms with Crippen molar-refractivity contribution >= 4 is 5.82 Å². The van der Waals surface area contributed by atoms with Gasteiger partial charge in [0.05, 0.1) is 0 Å². The predicted octanol–water partition coefficient (Wildman–Crippen LogP) is 4.01. The predicted molar refractivity (Wildman–Crippen MR) is 88.7 cm³/mol. The lowest BCUT2D eigenvalue weighted by Gasteiger charge is -2.32. The maximum Gasteiger partial charge on any atom is 0.133 e. The maximum absolute atomic E-state index is 4.78. The normalized spacial score (nSPS) is 24.5. The van der Waals surface area contributed by atoms with Crippen molar-refractivity contribution in [3.8, 4) is 0 Å². The third kappa shape index (κ3) is 3.23. The van der Waals surface area contributed by atoms with Gasteiger partial charge in [0.15, 0.2) is 0 Å². The number of hydrogen-bond donors (Lipinski definition) is 0. The third-order valence-electron chi connectivity index (χ3n) is 5.04. The minimum atomic E-state index is 0.567. The van der Waals surface area contributed by atoms with E-state index in [0.29, 0.717) is 12.1 Å². The molecule has 116 valence electrons. The molecule has 0 radical (unpaired) electrons. The zero-order chi connectivity index (χ0) is 14.7. The minimum absolute atomic E-state index is 0.567. The third-order valence-corrected chi connectivity index (χ3v) is 5.04. The molecular weight excluding hydrogens is 258 g/mol. The lowest BCUT2D eigenvalue weighted by Crippen LogP contribution is -2.32. The van der Waals surface area contributed by atoms with E-state index in [0.717, 1.165) is 0 Å². The van der Waals surface area contributed by atoms with Crippen molar-refractivity contribution in [2.45, 2.75) is 64.5 Å². The van der Waals surface area contributed by atoms with Crippen LogP contribution in [0.5, 0.6) is 0 Å². The zero-order valence-corrected chi connectivity index (χ0v) is 13.6. The van der Waals surface area contributed by atoms with Crippen LogP contribution in [0, 0.1) is 0 Å². The van der Waals surface area contributed by atoms with Crippen LogP contribution in [0.25, 0.3) is 0 Å². The molecule has 3 heterocycles. The Morgan fingerprint density at radius 3 is 2.52 bits per heavy atom. The van der Waals surface area contributed by atoms with Crippen molar-refractivity contribution < 1.29 is 0 Å². The van der Waals surface area contributed by atoms with E-state index in [1.807, 2.05) is 6.20 Å². The summed E-state index contributed by atoms with van der Waals surface area (Å²) in [6, 6.07) is 5.62. The number of pyridine rings is 1. The number of aromatic nitrogens is 1. The van der Waals surface area contributed by atoms with Crippen LogP contribution in [0.4, 0.5) is 5.82 Å². The Kier molecular flexibility index (Phi) is 4.79. The standard InChI is InChI=1S/C18H29N3/c1-15(2)21-14-8-10-17(21)16-9-7-11-19-18(16)20-12-5-3-4-6-13-20/h7,9,11,15,17H,3-6,8,10,12-14H2,1-2H3. The average molecular weight is 287 g/mol. The molecular formula is C18H29N3. The van der Waals surface area contributed by atoms with Crippen LogP contribution in [0.1, 0.15) is 64.0 Å². The van der Waals surface area contributed by atoms with Crippen molar-refractivity contribution in [1.82, 2.24) is 9.88 Å². The second-order valence-electron chi connectivity index (χ2n) is 6.81. The van der Waals surface area contributed by atoms with Gasteiger partial charge in [-0.25, -0.2) is 4.98 Å². The van der Waals surface area contributed by atoms with Gasteiger partial charge in [-0.2, -0.15) is 0 Å². The SMILES string of the molecule is CC(C)N1CCCC1c1cccnc1N1CCCCCC1. The molecule has 1 unspecified atom stereocenters. The molecule has 1 aromatic rings. The molecule has 0 saturated carbocycles. The quantitative estimate of drug-likeness (QED) is 0.837. The van der Waals surface area contributed by atoms with Crippen LogP contribution >= 0.6 is 0 Å². The van der Waals surface area contributed by atoms with Gasteiger partial charge in [-0.3, -0.25) is 4.90 Å². The highest BCUT2D eigenvalue weighted by molar-refractivity contribution is 5.49. The molecule has 0 aromatic carbocycles. The maximum atomic E-state index is 4.78. The summed E-state index contributed by atoms with van der Waals surface area (Å²) in [5.41, 5.74) is 1.46. The lowest BCUT2D eigenvalue weighted by atomic mass is 10.0. The number of nitrogens with zero attached hydrogens (tertiary/aromatic N) is 3. The highest BCUT2D eigenvalue weighted by Crippen LogP contribution is 2.37. The monoisotopic (exact) mass is 287 g/mol. The van der Waals surface area contributed by atoms with E-state index >= 15 is 0 Å². The Hall–Kier alpha value is -1.09. The number of likely N-dealkylation sites (tertiary alicyclic amines) is 1.